The SMILES string of the molecule is Cc1ccccc1C(=O)N1CCC(C(=O)N2CCOCC2)CC1. The second-order valence-corrected chi connectivity index (χ2v) is 6.32. The molecular weight excluding hydrogens is 292 g/mol. The highest BCUT2D eigenvalue weighted by molar-refractivity contribution is 5.95. The van der Waals surface area contributed by atoms with E-state index in [9.17, 15) is 9.59 Å². The van der Waals surface area contributed by atoms with E-state index in [2.05, 4.69) is 0 Å². The first-order chi connectivity index (χ1) is 11.2. The fourth-order valence-corrected chi connectivity index (χ4v) is 3.35. The predicted octanol–water partition coefficient (Wildman–Crippen LogP) is 1.71. The van der Waals surface area contributed by atoms with Crippen LogP contribution in [0.4, 0.5) is 0 Å². The van der Waals surface area contributed by atoms with Gasteiger partial charge in [-0.15, -0.1) is 0 Å². The Kier molecular flexibility index (Phi) is 4.96. The van der Waals surface area contributed by atoms with E-state index in [1.54, 1.807) is 0 Å². The molecule has 0 radical (unpaired) electrons. The van der Waals surface area contributed by atoms with E-state index in [1.165, 1.54) is 0 Å². The Morgan fingerprint density at radius 1 is 1.00 bits per heavy atom. The first kappa shape index (κ1) is 16.0. The van der Waals surface area contributed by atoms with Gasteiger partial charge >= 0.3 is 0 Å². The molecule has 124 valence electrons. The molecule has 0 aromatic heterocycles. The van der Waals surface area contributed by atoms with Crippen molar-refractivity contribution >= 4 is 11.8 Å². The minimum atomic E-state index is 0.0500. The number of likely N-dealkylation sites (tertiary alicyclic amines) is 1. The van der Waals surface area contributed by atoms with E-state index >= 15 is 0 Å². The van der Waals surface area contributed by atoms with Gasteiger partial charge in [-0.2, -0.15) is 0 Å². The molecule has 0 spiro atoms. The van der Waals surface area contributed by atoms with E-state index < -0.39 is 0 Å². The molecule has 0 bridgehead atoms. The zero-order valence-corrected chi connectivity index (χ0v) is 13.7. The van der Waals surface area contributed by atoms with Gasteiger partial charge in [-0.1, -0.05) is 18.2 Å². The van der Waals surface area contributed by atoms with Crippen LogP contribution in [0.2, 0.25) is 0 Å². The lowest BCUT2D eigenvalue weighted by Gasteiger charge is -2.35. The largest absolute Gasteiger partial charge is 0.378 e. The maximum atomic E-state index is 12.6. The van der Waals surface area contributed by atoms with Crippen LogP contribution in [0.15, 0.2) is 24.3 Å². The number of morpholine rings is 1. The monoisotopic (exact) mass is 316 g/mol. The summed E-state index contributed by atoms with van der Waals surface area (Å²) in [7, 11) is 0. The highest BCUT2D eigenvalue weighted by atomic mass is 16.5. The summed E-state index contributed by atoms with van der Waals surface area (Å²) >= 11 is 0. The number of rotatable bonds is 2. The van der Waals surface area contributed by atoms with Crippen molar-refractivity contribution < 1.29 is 14.3 Å². The van der Waals surface area contributed by atoms with Gasteiger partial charge in [0.15, 0.2) is 0 Å². The molecule has 23 heavy (non-hydrogen) atoms. The number of hydrogen-bond acceptors (Lipinski definition) is 3. The predicted molar refractivity (Wildman–Crippen MR) is 87.2 cm³/mol. The molecule has 5 heteroatoms. The van der Waals surface area contributed by atoms with Crippen LogP contribution in [0.5, 0.6) is 0 Å². The molecule has 0 saturated carbocycles. The first-order valence-corrected chi connectivity index (χ1v) is 8.38. The summed E-state index contributed by atoms with van der Waals surface area (Å²) in [5.41, 5.74) is 1.77. The molecule has 0 unspecified atom stereocenters. The molecule has 0 N–H and O–H groups in total. The molecule has 2 amide bonds. The van der Waals surface area contributed by atoms with Crippen molar-refractivity contribution in [1.29, 1.82) is 0 Å². The number of aryl methyl sites for hydroxylation is 1. The minimum Gasteiger partial charge on any atom is -0.378 e. The third kappa shape index (κ3) is 3.55. The van der Waals surface area contributed by atoms with Gasteiger partial charge in [-0.3, -0.25) is 9.59 Å². The van der Waals surface area contributed by atoms with E-state index in [-0.39, 0.29) is 17.7 Å². The molecule has 2 fully saturated rings. The van der Waals surface area contributed by atoms with Crippen LogP contribution in [0, 0.1) is 12.8 Å². The molecule has 1 aromatic rings. The molecule has 1 aromatic carbocycles. The number of amides is 2. The van der Waals surface area contributed by atoms with Crippen LogP contribution in [0.3, 0.4) is 0 Å². The molecule has 2 heterocycles. The summed E-state index contributed by atoms with van der Waals surface area (Å²) < 4.78 is 5.30. The van der Waals surface area contributed by atoms with Crippen LogP contribution in [-0.4, -0.2) is 61.0 Å². The zero-order valence-electron chi connectivity index (χ0n) is 13.7. The lowest BCUT2D eigenvalue weighted by atomic mass is 9.94. The Labute approximate surface area is 137 Å². The Balaban J connectivity index is 1.57. The lowest BCUT2D eigenvalue weighted by Crippen LogP contribution is -2.47. The maximum Gasteiger partial charge on any atom is 0.254 e. The van der Waals surface area contributed by atoms with Gasteiger partial charge in [0.1, 0.15) is 0 Å². The quantitative estimate of drug-likeness (QED) is 0.834. The second-order valence-electron chi connectivity index (χ2n) is 6.32. The van der Waals surface area contributed by atoms with Gasteiger partial charge in [0.2, 0.25) is 5.91 Å². The molecule has 2 saturated heterocycles. The summed E-state index contributed by atoms with van der Waals surface area (Å²) in [6.45, 7) is 5.94. The molecule has 2 aliphatic rings. The van der Waals surface area contributed by atoms with E-state index in [4.69, 9.17) is 4.74 Å². The van der Waals surface area contributed by atoms with E-state index in [1.807, 2.05) is 41.0 Å². The Morgan fingerprint density at radius 2 is 1.65 bits per heavy atom. The average molecular weight is 316 g/mol. The molecule has 5 nitrogen and oxygen atoms in total. The third-order valence-electron chi connectivity index (χ3n) is 4.83. The summed E-state index contributed by atoms with van der Waals surface area (Å²) in [6, 6.07) is 7.68. The van der Waals surface area contributed by atoms with Crippen LogP contribution < -0.4 is 0 Å². The van der Waals surface area contributed by atoms with Crippen molar-refractivity contribution in [2.45, 2.75) is 19.8 Å². The minimum absolute atomic E-state index is 0.0500. The molecule has 3 rings (SSSR count). The Hall–Kier alpha value is -1.88. The number of ether oxygens (including phenoxy) is 1. The van der Waals surface area contributed by atoms with E-state index in [0.29, 0.717) is 39.4 Å². The van der Waals surface area contributed by atoms with E-state index in [0.717, 1.165) is 24.0 Å². The van der Waals surface area contributed by atoms with Crippen molar-refractivity contribution in [3.8, 4) is 0 Å². The number of piperidine rings is 1. The van der Waals surface area contributed by atoms with Crippen molar-refractivity contribution in [3.63, 3.8) is 0 Å². The van der Waals surface area contributed by atoms with Gasteiger partial charge in [0, 0.05) is 37.7 Å². The summed E-state index contributed by atoms with van der Waals surface area (Å²) in [6.07, 6.45) is 1.52. The molecule has 2 aliphatic heterocycles. The van der Waals surface area contributed by atoms with Crippen molar-refractivity contribution in [3.05, 3.63) is 35.4 Å². The lowest BCUT2D eigenvalue weighted by molar-refractivity contribution is -0.141. The fourth-order valence-electron chi connectivity index (χ4n) is 3.35. The normalized spacial score (nSPS) is 19.7. The number of hydrogen-bond donors (Lipinski definition) is 0. The van der Waals surface area contributed by atoms with Gasteiger partial charge < -0.3 is 14.5 Å². The second kappa shape index (κ2) is 7.13. The number of nitrogens with zero attached hydrogens (tertiary/aromatic N) is 2. The number of carbonyl (C=O) groups excluding carboxylic acids is 2. The highest BCUT2D eigenvalue weighted by Crippen LogP contribution is 2.22. The van der Waals surface area contributed by atoms with Gasteiger partial charge in [-0.25, -0.2) is 0 Å². The maximum absolute atomic E-state index is 12.6. The standard InChI is InChI=1S/C18H24N2O3/c1-14-4-2-3-5-16(14)18(22)19-8-6-15(7-9-19)17(21)20-10-12-23-13-11-20/h2-5,15H,6-13H2,1H3. The molecular formula is C18H24N2O3. The average Bonchev–Trinajstić information content (AvgIpc) is 2.62. The van der Waals surface area contributed by atoms with Crippen LogP contribution >= 0.6 is 0 Å². The topological polar surface area (TPSA) is 49.9 Å². The zero-order chi connectivity index (χ0) is 16.2. The van der Waals surface area contributed by atoms with Gasteiger partial charge in [0.05, 0.1) is 13.2 Å². The van der Waals surface area contributed by atoms with Crippen molar-refractivity contribution in [1.82, 2.24) is 9.80 Å². The first-order valence-electron chi connectivity index (χ1n) is 8.38. The highest BCUT2D eigenvalue weighted by Gasteiger charge is 2.31. The summed E-state index contributed by atoms with van der Waals surface area (Å²) in [4.78, 5) is 28.9. The van der Waals surface area contributed by atoms with Crippen LogP contribution in [0.1, 0.15) is 28.8 Å². The number of benzene rings is 1. The van der Waals surface area contributed by atoms with Crippen LogP contribution in [-0.2, 0) is 9.53 Å². The van der Waals surface area contributed by atoms with Crippen molar-refractivity contribution in [2.24, 2.45) is 5.92 Å². The van der Waals surface area contributed by atoms with Gasteiger partial charge in [-0.05, 0) is 31.4 Å². The smallest absolute Gasteiger partial charge is 0.254 e. The Bertz CT molecular complexity index is 573. The van der Waals surface area contributed by atoms with Gasteiger partial charge in [0.25, 0.3) is 5.91 Å². The summed E-state index contributed by atoms with van der Waals surface area (Å²) in [5.74, 6) is 0.366. The van der Waals surface area contributed by atoms with Crippen molar-refractivity contribution in [2.75, 3.05) is 39.4 Å². The number of carbonyl (C=O) groups is 2. The molecule has 0 atom stereocenters. The summed E-state index contributed by atoms with van der Waals surface area (Å²) in [5, 5.41) is 0. The molecule has 0 aliphatic carbocycles. The Morgan fingerprint density at radius 3 is 2.30 bits per heavy atom. The third-order valence-corrected chi connectivity index (χ3v) is 4.83. The van der Waals surface area contributed by atoms with Crippen LogP contribution in [0.25, 0.3) is 0 Å². The fraction of sp³-hybridized carbons (Fsp3) is 0.556.